The fraction of sp³-hybridized carbons (Fsp3) is 0.176. The molecule has 11 heteroatoms. The molecule has 1 heterocycles. The number of hydrogen-bond donors (Lipinski definition) is 2. The van der Waals surface area contributed by atoms with Gasteiger partial charge in [0.2, 0.25) is 0 Å². The number of aromatic nitrogens is 2. The van der Waals surface area contributed by atoms with Gasteiger partial charge in [0.25, 0.3) is 15.9 Å². The first-order chi connectivity index (χ1) is 13.2. The van der Waals surface area contributed by atoms with Crippen molar-refractivity contribution in [2.24, 2.45) is 0 Å². The van der Waals surface area contributed by atoms with Crippen LogP contribution in [0.5, 0.6) is 0 Å². The van der Waals surface area contributed by atoms with Crippen LogP contribution in [0.4, 0.5) is 13.2 Å². The maximum Gasteiger partial charge on any atom is 0.266 e. The molecular formula is C17H15F3N4O3S. The van der Waals surface area contributed by atoms with E-state index < -0.39 is 38.3 Å². The zero-order valence-corrected chi connectivity index (χ0v) is 15.6. The number of imidazole rings is 1. The molecule has 0 saturated carbocycles. The van der Waals surface area contributed by atoms with E-state index >= 15 is 0 Å². The van der Waals surface area contributed by atoms with Crippen molar-refractivity contribution >= 4 is 27.0 Å². The number of aryl methyl sites for hydroxylation is 2. The molecule has 7 nitrogen and oxygen atoms in total. The number of carbonyl (C=O) groups is 1. The maximum atomic E-state index is 13.7. The lowest BCUT2D eigenvalue weighted by molar-refractivity contribution is 0.0945. The minimum absolute atomic E-state index is 0.0988. The first-order valence-electron chi connectivity index (χ1n) is 8.08. The predicted molar refractivity (Wildman–Crippen MR) is 94.2 cm³/mol. The van der Waals surface area contributed by atoms with Gasteiger partial charge in [-0.3, -0.25) is 10.2 Å². The highest BCUT2D eigenvalue weighted by Crippen LogP contribution is 2.20. The van der Waals surface area contributed by atoms with E-state index in [9.17, 15) is 26.4 Å². The van der Waals surface area contributed by atoms with Crippen LogP contribution in [-0.2, 0) is 16.6 Å². The molecule has 0 atom stereocenters. The van der Waals surface area contributed by atoms with Gasteiger partial charge >= 0.3 is 0 Å². The molecule has 148 valence electrons. The van der Waals surface area contributed by atoms with E-state index in [1.165, 1.54) is 12.1 Å². The number of rotatable bonds is 5. The number of nitrogens with zero attached hydrogens (tertiary/aromatic N) is 2. The SMILES string of the molecule is CCn1c(C)nc2cc(C(=O)NNS(=O)(=O)c3ccc(F)c(F)c3F)ccc21. The van der Waals surface area contributed by atoms with E-state index in [0.717, 1.165) is 11.3 Å². The molecular weight excluding hydrogens is 397 g/mol. The third kappa shape index (κ3) is 3.45. The number of sulfonamides is 1. The van der Waals surface area contributed by atoms with Gasteiger partial charge in [-0.1, -0.05) is 0 Å². The van der Waals surface area contributed by atoms with Crippen LogP contribution in [0.1, 0.15) is 23.1 Å². The summed E-state index contributed by atoms with van der Waals surface area (Å²) in [5.41, 5.74) is 3.35. The lowest BCUT2D eigenvalue weighted by Gasteiger charge is -2.10. The van der Waals surface area contributed by atoms with Crippen LogP contribution in [0.25, 0.3) is 11.0 Å². The fourth-order valence-corrected chi connectivity index (χ4v) is 3.66. The molecule has 0 aliphatic rings. The molecule has 0 radical (unpaired) electrons. The third-order valence-corrected chi connectivity index (χ3v) is 5.37. The van der Waals surface area contributed by atoms with Crippen molar-refractivity contribution in [3.8, 4) is 0 Å². The van der Waals surface area contributed by atoms with Crippen LogP contribution >= 0.6 is 0 Å². The Hall–Kier alpha value is -2.92. The van der Waals surface area contributed by atoms with Crippen molar-refractivity contribution in [3.63, 3.8) is 0 Å². The van der Waals surface area contributed by atoms with Crippen molar-refractivity contribution in [2.75, 3.05) is 0 Å². The summed E-state index contributed by atoms with van der Waals surface area (Å²) in [5.74, 6) is -5.43. The Labute approximate surface area is 158 Å². The number of nitrogens with one attached hydrogen (secondary N) is 2. The number of benzene rings is 2. The Balaban J connectivity index is 1.82. The number of hydrazine groups is 1. The Morgan fingerprint density at radius 3 is 2.54 bits per heavy atom. The van der Waals surface area contributed by atoms with Crippen molar-refractivity contribution in [1.29, 1.82) is 0 Å². The average molecular weight is 412 g/mol. The molecule has 0 saturated heterocycles. The van der Waals surface area contributed by atoms with Crippen LogP contribution in [-0.4, -0.2) is 23.9 Å². The van der Waals surface area contributed by atoms with Crippen LogP contribution in [0.2, 0.25) is 0 Å². The molecule has 3 rings (SSSR count). The van der Waals surface area contributed by atoms with E-state index in [0.29, 0.717) is 24.2 Å². The predicted octanol–water partition coefficient (Wildman–Crippen LogP) is 2.41. The molecule has 0 fully saturated rings. The summed E-state index contributed by atoms with van der Waals surface area (Å²) in [6.45, 7) is 4.45. The Kier molecular flexibility index (Phi) is 5.13. The maximum absolute atomic E-state index is 13.7. The smallest absolute Gasteiger partial charge is 0.266 e. The quantitative estimate of drug-likeness (QED) is 0.497. The summed E-state index contributed by atoms with van der Waals surface area (Å²) >= 11 is 0. The Morgan fingerprint density at radius 2 is 1.86 bits per heavy atom. The fourth-order valence-electron chi connectivity index (χ4n) is 2.75. The highest BCUT2D eigenvalue weighted by Gasteiger charge is 2.24. The lowest BCUT2D eigenvalue weighted by Crippen LogP contribution is -2.41. The number of fused-ring (bicyclic) bond motifs is 1. The van der Waals surface area contributed by atoms with Gasteiger partial charge in [-0.05, 0) is 44.2 Å². The summed E-state index contributed by atoms with van der Waals surface area (Å²) in [6.07, 6.45) is 0. The highest BCUT2D eigenvalue weighted by atomic mass is 32.2. The summed E-state index contributed by atoms with van der Waals surface area (Å²) in [5, 5.41) is 0. The monoisotopic (exact) mass is 412 g/mol. The standard InChI is InChI=1S/C17H15F3N4O3S/c1-3-24-9(2)21-12-8-10(4-6-13(12)24)17(25)22-23-28(26,27)14-7-5-11(18)15(19)16(14)20/h4-8,23H,3H2,1-2H3,(H,22,25). The number of amides is 1. The molecule has 2 N–H and O–H groups in total. The van der Waals surface area contributed by atoms with Gasteiger partial charge in [0.05, 0.1) is 11.0 Å². The van der Waals surface area contributed by atoms with Crippen LogP contribution in [0.3, 0.4) is 0 Å². The molecule has 1 aromatic heterocycles. The molecule has 0 unspecified atom stereocenters. The Bertz CT molecular complexity index is 1190. The van der Waals surface area contributed by atoms with E-state index in [1.807, 2.05) is 23.8 Å². The lowest BCUT2D eigenvalue weighted by atomic mass is 10.2. The largest absolute Gasteiger partial charge is 0.329 e. The normalized spacial score (nSPS) is 11.8. The van der Waals surface area contributed by atoms with Gasteiger partial charge in [-0.2, -0.15) is 0 Å². The molecule has 1 amide bonds. The van der Waals surface area contributed by atoms with Crippen molar-refractivity contribution in [3.05, 3.63) is 59.2 Å². The number of hydrogen-bond acceptors (Lipinski definition) is 4. The number of carbonyl (C=O) groups excluding carboxylic acids is 1. The van der Waals surface area contributed by atoms with Gasteiger partial charge in [-0.15, -0.1) is 4.83 Å². The molecule has 28 heavy (non-hydrogen) atoms. The average Bonchev–Trinajstić information content (AvgIpc) is 2.98. The first-order valence-corrected chi connectivity index (χ1v) is 9.56. The molecule has 2 aromatic carbocycles. The second kappa shape index (κ2) is 7.24. The minimum atomic E-state index is -4.67. The van der Waals surface area contributed by atoms with E-state index in [2.05, 4.69) is 4.98 Å². The van der Waals surface area contributed by atoms with Crippen LogP contribution < -0.4 is 10.3 Å². The van der Waals surface area contributed by atoms with Gasteiger partial charge in [-0.25, -0.2) is 26.6 Å². The van der Waals surface area contributed by atoms with Crippen molar-refractivity contribution in [2.45, 2.75) is 25.3 Å². The number of halogens is 3. The molecule has 3 aromatic rings. The second-order valence-electron chi connectivity index (χ2n) is 5.84. The summed E-state index contributed by atoms with van der Waals surface area (Å²) < 4.78 is 66.0. The molecule has 0 aliphatic carbocycles. The highest BCUT2D eigenvalue weighted by molar-refractivity contribution is 7.89. The van der Waals surface area contributed by atoms with E-state index in [1.54, 1.807) is 10.9 Å². The van der Waals surface area contributed by atoms with Crippen LogP contribution in [0.15, 0.2) is 35.2 Å². The third-order valence-electron chi connectivity index (χ3n) is 4.11. The van der Waals surface area contributed by atoms with E-state index in [4.69, 9.17) is 0 Å². The summed E-state index contributed by atoms with van der Waals surface area (Å²) in [4.78, 5) is 17.1. The minimum Gasteiger partial charge on any atom is -0.329 e. The van der Waals surface area contributed by atoms with Gasteiger partial charge in [0.15, 0.2) is 17.5 Å². The second-order valence-corrected chi connectivity index (χ2v) is 7.49. The molecule has 0 bridgehead atoms. The summed E-state index contributed by atoms with van der Waals surface area (Å²) in [6, 6.07) is 5.62. The van der Waals surface area contributed by atoms with Gasteiger partial charge in [0, 0.05) is 12.1 Å². The van der Waals surface area contributed by atoms with Gasteiger partial charge < -0.3 is 4.57 Å². The zero-order chi connectivity index (χ0) is 20.6. The topological polar surface area (TPSA) is 93.1 Å². The van der Waals surface area contributed by atoms with Crippen molar-refractivity contribution < 1.29 is 26.4 Å². The van der Waals surface area contributed by atoms with E-state index in [-0.39, 0.29) is 5.56 Å². The molecule has 0 spiro atoms. The van der Waals surface area contributed by atoms with Crippen LogP contribution in [0, 0.1) is 24.4 Å². The van der Waals surface area contributed by atoms with Gasteiger partial charge in [0.1, 0.15) is 10.7 Å². The first kappa shape index (κ1) is 19.8. The summed E-state index contributed by atoms with van der Waals surface area (Å²) in [7, 11) is -4.67. The Morgan fingerprint density at radius 1 is 1.14 bits per heavy atom. The zero-order valence-electron chi connectivity index (χ0n) is 14.8. The molecule has 0 aliphatic heterocycles. The van der Waals surface area contributed by atoms with Crippen molar-refractivity contribution in [1.82, 2.24) is 19.8 Å².